The van der Waals surface area contributed by atoms with Gasteiger partial charge in [-0.3, -0.25) is 9.69 Å². The van der Waals surface area contributed by atoms with Crippen LogP contribution in [0.1, 0.15) is 23.4 Å². The van der Waals surface area contributed by atoms with Crippen LogP contribution in [0.5, 0.6) is 0 Å². The van der Waals surface area contributed by atoms with E-state index in [1.807, 2.05) is 4.90 Å². The van der Waals surface area contributed by atoms with Crippen molar-refractivity contribution in [1.82, 2.24) is 15.0 Å². The first-order valence-electron chi connectivity index (χ1n) is 6.69. The third-order valence-corrected chi connectivity index (χ3v) is 4.35. The van der Waals surface area contributed by atoms with Crippen LogP contribution in [0.15, 0.2) is 16.8 Å². The Bertz CT molecular complexity index is 448. The predicted molar refractivity (Wildman–Crippen MR) is 67.8 cm³/mol. The zero-order valence-corrected chi connectivity index (χ0v) is 11.2. The molecule has 0 bridgehead atoms. The van der Waals surface area contributed by atoms with Crippen LogP contribution in [0.3, 0.4) is 0 Å². The summed E-state index contributed by atoms with van der Waals surface area (Å²) in [6, 6.07) is 1.62. The van der Waals surface area contributed by atoms with Crippen molar-refractivity contribution in [3.8, 4) is 0 Å². The summed E-state index contributed by atoms with van der Waals surface area (Å²) < 4.78 is 10.1. The summed E-state index contributed by atoms with van der Waals surface area (Å²) in [7, 11) is 1.72. The number of carbonyl (C=O) groups is 1. The lowest BCUT2D eigenvalue weighted by Gasteiger charge is -2.50. The van der Waals surface area contributed by atoms with E-state index in [4.69, 9.17) is 9.26 Å². The van der Waals surface area contributed by atoms with Gasteiger partial charge in [0.05, 0.1) is 12.8 Å². The van der Waals surface area contributed by atoms with Crippen LogP contribution < -0.4 is 0 Å². The number of amides is 1. The molecule has 0 aliphatic carbocycles. The summed E-state index contributed by atoms with van der Waals surface area (Å²) in [6.45, 7) is 4.38. The minimum atomic E-state index is -0.0482. The number of rotatable bonds is 4. The smallest absolute Gasteiger partial charge is 0.292 e. The first-order chi connectivity index (χ1) is 9.25. The normalized spacial score (nSPS) is 26.9. The van der Waals surface area contributed by atoms with E-state index in [1.54, 1.807) is 13.2 Å². The molecule has 2 saturated heterocycles. The van der Waals surface area contributed by atoms with E-state index in [0.29, 0.717) is 5.76 Å². The Hall–Kier alpha value is -1.40. The number of ether oxygens (including phenoxy) is 1. The molecule has 104 valence electrons. The molecule has 2 aliphatic heterocycles. The molecule has 6 heteroatoms. The Morgan fingerprint density at radius 2 is 2.37 bits per heavy atom. The molecular weight excluding hydrogens is 246 g/mol. The lowest BCUT2D eigenvalue weighted by Crippen LogP contribution is -2.62. The van der Waals surface area contributed by atoms with Gasteiger partial charge in [-0.2, -0.15) is 0 Å². The molecule has 19 heavy (non-hydrogen) atoms. The monoisotopic (exact) mass is 265 g/mol. The third kappa shape index (κ3) is 2.15. The van der Waals surface area contributed by atoms with E-state index >= 15 is 0 Å². The zero-order valence-electron chi connectivity index (χ0n) is 11.2. The van der Waals surface area contributed by atoms with Gasteiger partial charge < -0.3 is 14.2 Å². The maximum Gasteiger partial charge on any atom is 0.292 e. The van der Waals surface area contributed by atoms with Gasteiger partial charge in [0.15, 0.2) is 0 Å². The van der Waals surface area contributed by atoms with Gasteiger partial charge >= 0.3 is 0 Å². The molecule has 1 aromatic rings. The van der Waals surface area contributed by atoms with Crippen molar-refractivity contribution in [2.45, 2.75) is 18.4 Å². The van der Waals surface area contributed by atoms with Gasteiger partial charge in [-0.25, -0.2) is 0 Å². The molecule has 1 unspecified atom stereocenters. The SMILES string of the molecule is COCCN1CCC12CCN(C(=O)c1ccno1)C2. The summed E-state index contributed by atoms with van der Waals surface area (Å²) in [5.41, 5.74) is 0.175. The number of nitrogens with zero attached hydrogens (tertiary/aromatic N) is 3. The highest BCUT2D eigenvalue weighted by Crippen LogP contribution is 2.39. The van der Waals surface area contributed by atoms with E-state index in [0.717, 1.165) is 45.6 Å². The minimum absolute atomic E-state index is 0.0482. The molecule has 0 radical (unpaired) electrons. The topological polar surface area (TPSA) is 58.8 Å². The highest BCUT2D eigenvalue weighted by atomic mass is 16.5. The van der Waals surface area contributed by atoms with Crippen molar-refractivity contribution in [1.29, 1.82) is 0 Å². The molecule has 0 N–H and O–H groups in total. The Kier molecular flexibility index (Phi) is 3.28. The average molecular weight is 265 g/mol. The zero-order chi connectivity index (χ0) is 13.3. The fourth-order valence-electron chi connectivity index (χ4n) is 3.11. The highest BCUT2D eigenvalue weighted by molar-refractivity contribution is 5.91. The van der Waals surface area contributed by atoms with Crippen molar-refractivity contribution >= 4 is 5.91 Å². The van der Waals surface area contributed by atoms with Gasteiger partial charge in [0.25, 0.3) is 5.91 Å². The largest absolute Gasteiger partial charge is 0.383 e. The first kappa shape index (κ1) is 12.6. The summed E-state index contributed by atoms with van der Waals surface area (Å²) >= 11 is 0. The van der Waals surface area contributed by atoms with Crippen LogP contribution in [-0.2, 0) is 4.74 Å². The Labute approximate surface area is 112 Å². The summed E-state index contributed by atoms with van der Waals surface area (Å²) in [6.07, 6.45) is 3.71. The fourth-order valence-corrected chi connectivity index (χ4v) is 3.11. The standard InChI is InChI=1S/C13H19N3O3/c1-18-9-8-16-7-4-13(16)3-6-15(10-13)12(17)11-2-5-14-19-11/h2,5H,3-4,6-10H2,1H3. The molecule has 1 aromatic heterocycles. The van der Waals surface area contributed by atoms with Crippen molar-refractivity contribution in [2.75, 3.05) is 39.9 Å². The second kappa shape index (κ2) is 4.94. The molecule has 3 heterocycles. The summed E-state index contributed by atoms with van der Waals surface area (Å²) in [5.74, 6) is 0.285. The van der Waals surface area contributed by atoms with E-state index < -0.39 is 0 Å². The van der Waals surface area contributed by atoms with Crippen molar-refractivity contribution in [2.24, 2.45) is 0 Å². The van der Waals surface area contributed by atoms with Gasteiger partial charge in [-0.1, -0.05) is 5.16 Å². The minimum Gasteiger partial charge on any atom is -0.383 e. The maximum atomic E-state index is 12.2. The second-order valence-corrected chi connectivity index (χ2v) is 5.31. The van der Waals surface area contributed by atoms with E-state index in [2.05, 4.69) is 10.1 Å². The predicted octanol–water partition coefficient (Wildman–Crippen LogP) is 0.611. The average Bonchev–Trinajstić information content (AvgIpc) is 3.08. The molecule has 1 amide bonds. The Morgan fingerprint density at radius 1 is 1.53 bits per heavy atom. The molecule has 3 rings (SSSR count). The molecule has 2 fully saturated rings. The third-order valence-electron chi connectivity index (χ3n) is 4.35. The van der Waals surface area contributed by atoms with Gasteiger partial charge in [-0.05, 0) is 12.8 Å². The van der Waals surface area contributed by atoms with E-state index in [9.17, 15) is 4.79 Å². The molecule has 2 aliphatic rings. The molecular formula is C13H19N3O3. The number of hydrogen-bond acceptors (Lipinski definition) is 5. The second-order valence-electron chi connectivity index (χ2n) is 5.31. The van der Waals surface area contributed by atoms with Crippen LogP contribution in [0.2, 0.25) is 0 Å². The summed E-state index contributed by atoms with van der Waals surface area (Å²) in [4.78, 5) is 16.5. The lowest BCUT2D eigenvalue weighted by molar-refractivity contribution is -0.0215. The van der Waals surface area contributed by atoms with Gasteiger partial charge in [0, 0.05) is 44.9 Å². The molecule has 0 aromatic carbocycles. The highest BCUT2D eigenvalue weighted by Gasteiger charge is 2.50. The first-order valence-corrected chi connectivity index (χ1v) is 6.69. The van der Waals surface area contributed by atoms with Crippen molar-refractivity contribution in [3.63, 3.8) is 0 Å². The van der Waals surface area contributed by atoms with Gasteiger partial charge in [0.2, 0.25) is 5.76 Å². The molecule has 1 spiro atoms. The number of hydrogen-bond donors (Lipinski definition) is 0. The lowest BCUT2D eigenvalue weighted by atomic mass is 9.84. The quantitative estimate of drug-likeness (QED) is 0.798. The van der Waals surface area contributed by atoms with Crippen LogP contribution in [0.25, 0.3) is 0 Å². The number of methoxy groups -OCH3 is 1. The number of likely N-dealkylation sites (tertiary alicyclic amines) is 2. The van der Waals surface area contributed by atoms with Crippen molar-refractivity contribution in [3.05, 3.63) is 18.0 Å². The maximum absolute atomic E-state index is 12.2. The number of carbonyl (C=O) groups excluding carboxylic acids is 1. The van der Waals surface area contributed by atoms with Gasteiger partial charge in [0.1, 0.15) is 0 Å². The van der Waals surface area contributed by atoms with Crippen LogP contribution >= 0.6 is 0 Å². The van der Waals surface area contributed by atoms with Crippen molar-refractivity contribution < 1.29 is 14.1 Å². The Morgan fingerprint density at radius 3 is 3.00 bits per heavy atom. The van der Waals surface area contributed by atoms with Crippen LogP contribution in [0, 0.1) is 0 Å². The molecule has 0 saturated carbocycles. The van der Waals surface area contributed by atoms with Crippen LogP contribution in [-0.4, -0.2) is 66.3 Å². The summed E-state index contributed by atoms with van der Waals surface area (Å²) in [5, 5.41) is 3.59. The van der Waals surface area contributed by atoms with Gasteiger partial charge in [-0.15, -0.1) is 0 Å². The van der Waals surface area contributed by atoms with E-state index in [1.165, 1.54) is 6.20 Å². The Balaban J connectivity index is 1.62. The fraction of sp³-hybridized carbons (Fsp3) is 0.692. The molecule has 6 nitrogen and oxygen atoms in total. The molecule has 1 atom stereocenters. The van der Waals surface area contributed by atoms with E-state index in [-0.39, 0.29) is 11.4 Å². The van der Waals surface area contributed by atoms with Crippen LogP contribution in [0.4, 0.5) is 0 Å². The number of aromatic nitrogens is 1.